The minimum Gasteiger partial charge on any atom is -0.236 e. The number of rotatable bonds is 2. The van der Waals surface area contributed by atoms with Crippen LogP contribution in [0.5, 0.6) is 0 Å². The van der Waals surface area contributed by atoms with Gasteiger partial charge >= 0.3 is 0 Å². The van der Waals surface area contributed by atoms with Crippen molar-refractivity contribution in [2.45, 2.75) is 20.8 Å². The first-order valence-corrected chi connectivity index (χ1v) is 11.3. The van der Waals surface area contributed by atoms with E-state index in [1.165, 1.54) is 44.0 Å². The summed E-state index contributed by atoms with van der Waals surface area (Å²) in [6.45, 7) is 6.57. The Balaban J connectivity index is 1.74. The standard InChI is InChI=1S/C31H24N2/c1-19-15-20(2)28(21(3)16-19)23-13-14-26-27(17-23)24-11-7-8-12-25(24)29-30(32-18-33-31(26)29)22-9-5-4-6-10-22/h4-18H,1-3H3. The molecule has 0 saturated heterocycles. The fraction of sp³-hybridized carbons (Fsp3) is 0.0968. The van der Waals surface area contributed by atoms with E-state index in [-0.39, 0.29) is 0 Å². The number of hydrogen-bond acceptors (Lipinski definition) is 2. The Bertz CT molecular complexity index is 1630. The van der Waals surface area contributed by atoms with Crippen LogP contribution >= 0.6 is 0 Å². The van der Waals surface area contributed by atoms with Gasteiger partial charge in [-0.15, -0.1) is 0 Å². The first-order valence-electron chi connectivity index (χ1n) is 11.3. The van der Waals surface area contributed by atoms with Crippen LogP contribution in [0.15, 0.2) is 91.3 Å². The van der Waals surface area contributed by atoms with Crippen LogP contribution in [-0.4, -0.2) is 9.97 Å². The zero-order chi connectivity index (χ0) is 22.5. The van der Waals surface area contributed by atoms with Crippen LogP contribution in [0.2, 0.25) is 0 Å². The lowest BCUT2D eigenvalue weighted by Gasteiger charge is -2.16. The van der Waals surface area contributed by atoms with Crippen molar-refractivity contribution in [2.24, 2.45) is 0 Å². The largest absolute Gasteiger partial charge is 0.236 e. The number of fused-ring (bicyclic) bond motifs is 6. The summed E-state index contributed by atoms with van der Waals surface area (Å²) >= 11 is 0. The molecule has 0 N–H and O–H groups in total. The molecule has 0 bridgehead atoms. The second-order valence-corrected chi connectivity index (χ2v) is 8.89. The molecule has 0 saturated carbocycles. The van der Waals surface area contributed by atoms with E-state index in [1.807, 2.05) is 6.07 Å². The molecule has 2 nitrogen and oxygen atoms in total. The van der Waals surface area contributed by atoms with Gasteiger partial charge in [-0.05, 0) is 65.3 Å². The van der Waals surface area contributed by atoms with Crippen molar-refractivity contribution in [3.8, 4) is 22.4 Å². The smallest absolute Gasteiger partial charge is 0.116 e. The lowest BCUT2D eigenvalue weighted by atomic mass is 9.89. The number of aryl methyl sites for hydroxylation is 3. The first-order chi connectivity index (χ1) is 16.1. The van der Waals surface area contributed by atoms with Gasteiger partial charge in [-0.3, -0.25) is 0 Å². The molecular formula is C31H24N2. The molecule has 0 amide bonds. The predicted octanol–water partition coefficient (Wildman–Crippen LogP) is 8.20. The summed E-state index contributed by atoms with van der Waals surface area (Å²) in [4.78, 5) is 9.50. The Hall–Kier alpha value is -4.04. The van der Waals surface area contributed by atoms with Gasteiger partial charge in [0.15, 0.2) is 0 Å². The molecule has 0 unspecified atom stereocenters. The van der Waals surface area contributed by atoms with E-state index in [1.54, 1.807) is 6.33 Å². The van der Waals surface area contributed by atoms with E-state index in [0.29, 0.717) is 0 Å². The second kappa shape index (κ2) is 7.53. The van der Waals surface area contributed by atoms with Crippen LogP contribution in [0.1, 0.15) is 16.7 Å². The summed E-state index contributed by atoms with van der Waals surface area (Å²) < 4.78 is 0. The van der Waals surface area contributed by atoms with E-state index in [2.05, 4.69) is 99.6 Å². The summed E-state index contributed by atoms with van der Waals surface area (Å²) in [5, 5.41) is 5.93. The number of nitrogens with zero attached hydrogens (tertiary/aromatic N) is 2. The maximum atomic E-state index is 4.78. The molecule has 1 aromatic heterocycles. The van der Waals surface area contributed by atoms with Gasteiger partial charge in [-0.1, -0.05) is 84.4 Å². The van der Waals surface area contributed by atoms with Crippen molar-refractivity contribution in [1.82, 2.24) is 9.97 Å². The zero-order valence-electron chi connectivity index (χ0n) is 19.1. The van der Waals surface area contributed by atoms with Gasteiger partial charge in [-0.2, -0.15) is 0 Å². The van der Waals surface area contributed by atoms with Crippen molar-refractivity contribution >= 4 is 32.4 Å². The van der Waals surface area contributed by atoms with Gasteiger partial charge in [0.1, 0.15) is 6.33 Å². The molecule has 0 aliphatic heterocycles. The molecule has 0 aliphatic rings. The monoisotopic (exact) mass is 424 g/mol. The summed E-state index contributed by atoms with van der Waals surface area (Å²) in [5.74, 6) is 0. The topological polar surface area (TPSA) is 25.8 Å². The van der Waals surface area contributed by atoms with Crippen LogP contribution < -0.4 is 0 Å². The van der Waals surface area contributed by atoms with Crippen LogP contribution in [0.3, 0.4) is 0 Å². The number of hydrogen-bond donors (Lipinski definition) is 0. The number of benzene rings is 5. The van der Waals surface area contributed by atoms with Crippen molar-refractivity contribution < 1.29 is 0 Å². The van der Waals surface area contributed by atoms with Crippen molar-refractivity contribution in [3.63, 3.8) is 0 Å². The number of aromatic nitrogens is 2. The molecule has 2 heteroatoms. The molecule has 1 heterocycles. The Morgan fingerprint density at radius 1 is 0.545 bits per heavy atom. The average molecular weight is 425 g/mol. The minimum atomic E-state index is 0.980. The first kappa shape index (κ1) is 19.6. The highest BCUT2D eigenvalue weighted by molar-refractivity contribution is 6.27. The van der Waals surface area contributed by atoms with E-state index in [0.717, 1.165) is 27.5 Å². The maximum absolute atomic E-state index is 4.78. The highest BCUT2D eigenvalue weighted by Crippen LogP contribution is 2.40. The van der Waals surface area contributed by atoms with E-state index >= 15 is 0 Å². The Kier molecular flexibility index (Phi) is 4.48. The Morgan fingerprint density at radius 3 is 2.00 bits per heavy atom. The quantitative estimate of drug-likeness (QED) is 0.262. The summed E-state index contributed by atoms with van der Waals surface area (Å²) in [6, 6.07) is 30.4. The van der Waals surface area contributed by atoms with Gasteiger partial charge in [0.05, 0.1) is 11.2 Å². The third kappa shape index (κ3) is 3.10. The Labute approximate surface area is 193 Å². The van der Waals surface area contributed by atoms with Crippen molar-refractivity contribution in [3.05, 3.63) is 108 Å². The third-order valence-electron chi connectivity index (χ3n) is 6.62. The molecule has 33 heavy (non-hydrogen) atoms. The molecule has 5 aromatic carbocycles. The highest BCUT2D eigenvalue weighted by atomic mass is 14.8. The lowest BCUT2D eigenvalue weighted by Crippen LogP contribution is -1.94. The van der Waals surface area contributed by atoms with Crippen molar-refractivity contribution in [2.75, 3.05) is 0 Å². The molecule has 0 spiro atoms. The minimum absolute atomic E-state index is 0.980. The SMILES string of the molecule is Cc1cc(C)c(-c2ccc3c(c2)c2ccccc2c2c(-c4ccccc4)ncnc32)c(C)c1. The fourth-order valence-corrected chi connectivity index (χ4v) is 5.36. The summed E-state index contributed by atoms with van der Waals surface area (Å²) in [6.07, 6.45) is 1.70. The average Bonchev–Trinajstić information content (AvgIpc) is 2.83. The van der Waals surface area contributed by atoms with Gasteiger partial charge in [0, 0.05) is 16.3 Å². The molecule has 6 rings (SSSR count). The van der Waals surface area contributed by atoms with E-state index < -0.39 is 0 Å². The zero-order valence-corrected chi connectivity index (χ0v) is 19.1. The Morgan fingerprint density at radius 2 is 1.24 bits per heavy atom. The lowest BCUT2D eigenvalue weighted by molar-refractivity contribution is 1.23. The molecule has 6 aromatic rings. The van der Waals surface area contributed by atoms with Gasteiger partial charge in [-0.25, -0.2) is 9.97 Å². The molecule has 0 aliphatic carbocycles. The van der Waals surface area contributed by atoms with Gasteiger partial charge in [0.2, 0.25) is 0 Å². The maximum Gasteiger partial charge on any atom is 0.116 e. The van der Waals surface area contributed by atoms with Crippen molar-refractivity contribution in [1.29, 1.82) is 0 Å². The van der Waals surface area contributed by atoms with Crippen LogP contribution in [0.25, 0.3) is 54.8 Å². The van der Waals surface area contributed by atoms with Gasteiger partial charge < -0.3 is 0 Å². The fourth-order valence-electron chi connectivity index (χ4n) is 5.36. The highest BCUT2D eigenvalue weighted by Gasteiger charge is 2.16. The predicted molar refractivity (Wildman–Crippen MR) is 140 cm³/mol. The summed E-state index contributed by atoms with van der Waals surface area (Å²) in [7, 11) is 0. The van der Waals surface area contributed by atoms with Crippen LogP contribution in [0.4, 0.5) is 0 Å². The van der Waals surface area contributed by atoms with Gasteiger partial charge in [0.25, 0.3) is 0 Å². The molecular weight excluding hydrogens is 400 g/mol. The van der Waals surface area contributed by atoms with Crippen LogP contribution in [0, 0.1) is 20.8 Å². The molecule has 0 fully saturated rings. The van der Waals surface area contributed by atoms with E-state index in [9.17, 15) is 0 Å². The molecule has 0 atom stereocenters. The third-order valence-corrected chi connectivity index (χ3v) is 6.62. The molecule has 158 valence electrons. The molecule has 0 radical (unpaired) electrons. The van der Waals surface area contributed by atoms with E-state index in [4.69, 9.17) is 9.97 Å². The normalized spacial score (nSPS) is 11.5. The van der Waals surface area contributed by atoms with Crippen LogP contribution in [-0.2, 0) is 0 Å². The second-order valence-electron chi connectivity index (χ2n) is 8.89. The summed E-state index contributed by atoms with van der Waals surface area (Å²) in [5.41, 5.74) is 9.58.